The molecule has 4 nitrogen and oxygen atoms in total. The third-order valence-corrected chi connectivity index (χ3v) is 3.24. The minimum atomic E-state index is -0.292. The molecule has 1 atom stereocenters. The summed E-state index contributed by atoms with van der Waals surface area (Å²) in [5.41, 5.74) is 2.63. The summed E-state index contributed by atoms with van der Waals surface area (Å²) in [5, 5.41) is 6.12. The molecule has 0 aliphatic heterocycles. The fourth-order valence-electron chi connectivity index (χ4n) is 1.81. The van der Waals surface area contributed by atoms with Crippen molar-refractivity contribution in [3.63, 3.8) is 0 Å². The van der Waals surface area contributed by atoms with Crippen molar-refractivity contribution in [2.45, 2.75) is 19.9 Å². The van der Waals surface area contributed by atoms with E-state index in [9.17, 15) is 4.79 Å². The van der Waals surface area contributed by atoms with Crippen LogP contribution in [0.2, 0.25) is 5.02 Å². The van der Waals surface area contributed by atoms with Crippen LogP contribution in [0.25, 0.3) is 0 Å². The van der Waals surface area contributed by atoms with Crippen molar-refractivity contribution < 1.29 is 4.79 Å². The normalized spacial score (nSPS) is 11.8. The highest BCUT2D eigenvalue weighted by Gasteiger charge is 2.10. The number of aryl methyl sites for hydroxylation is 1. The first-order valence-electron chi connectivity index (χ1n) is 6.30. The zero-order chi connectivity index (χ0) is 14.5. The van der Waals surface area contributed by atoms with Gasteiger partial charge in [-0.25, -0.2) is 4.79 Å². The summed E-state index contributed by atoms with van der Waals surface area (Å²) in [6, 6.07) is 8.82. The molecule has 5 heteroatoms. The lowest BCUT2D eigenvalue weighted by atomic mass is 10.1. The van der Waals surface area contributed by atoms with Crippen molar-refractivity contribution in [1.29, 1.82) is 0 Å². The van der Waals surface area contributed by atoms with Crippen molar-refractivity contribution in [3.8, 4) is 0 Å². The standard InChI is InChI=1S/C15H16ClN3O/c1-10-3-4-14(13(16)9-10)19-15(20)18-11(2)12-5-7-17-8-6-12/h3-9,11H,1-2H3,(H2,18,19,20). The lowest BCUT2D eigenvalue weighted by Crippen LogP contribution is -2.31. The molecule has 1 heterocycles. The van der Waals surface area contributed by atoms with E-state index >= 15 is 0 Å². The van der Waals surface area contributed by atoms with E-state index < -0.39 is 0 Å². The molecule has 1 aromatic carbocycles. The first-order chi connectivity index (χ1) is 9.56. The van der Waals surface area contributed by atoms with Crippen LogP contribution >= 0.6 is 11.6 Å². The summed E-state index contributed by atoms with van der Waals surface area (Å²) < 4.78 is 0. The molecule has 0 saturated heterocycles. The second-order valence-electron chi connectivity index (χ2n) is 4.58. The fourth-order valence-corrected chi connectivity index (χ4v) is 2.09. The van der Waals surface area contributed by atoms with E-state index in [4.69, 9.17) is 11.6 Å². The lowest BCUT2D eigenvalue weighted by molar-refractivity contribution is 0.249. The van der Waals surface area contributed by atoms with Crippen LogP contribution in [0.3, 0.4) is 0 Å². The Morgan fingerprint density at radius 1 is 1.25 bits per heavy atom. The number of benzene rings is 1. The molecule has 2 aromatic rings. The van der Waals surface area contributed by atoms with Gasteiger partial charge in [-0.1, -0.05) is 17.7 Å². The van der Waals surface area contributed by atoms with Crippen LogP contribution in [0.1, 0.15) is 24.1 Å². The number of pyridine rings is 1. The Balaban J connectivity index is 1.99. The molecule has 0 aliphatic rings. The number of hydrogen-bond donors (Lipinski definition) is 2. The van der Waals surface area contributed by atoms with Crippen LogP contribution in [-0.2, 0) is 0 Å². The summed E-state index contributed by atoms with van der Waals surface area (Å²) in [6.45, 7) is 3.85. The van der Waals surface area contributed by atoms with Crippen molar-refractivity contribution in [1.82, 2.24) is 10.3 Å². The van der Waals surface area contributed by atoms with Crippen molar-refractivity contribution in [2.24, 2.45) is 0 Å². The maximum Gasteiger partial charge on any atom is 0.319 e. The number of amides is 2. The topological polar surface area (TPSA) is 54.0 Å². The molecule has 0 saturated carbocycles. The Morgan fingerprint density at radius 2 is 1.95 bits per heavy atom. The van der Waals surface area contributed by atoms with Gasteiger partial charge in [0, 0.05) is 12.4 Å². The van der Waals surface area contributed by atoms with Gasteiger partial charge < -0.3 is 10.6 Å². The fraction of sp³-hybridized carbons (Fsp3) is 0.200. The van der Waals surface area contributed by atoms with E-state index in [1.165, 1.54) is 0 Å². The SMILES string of the molecule is Cc1ccc(NC(=O)NC(C)c2ccncc2)c(Cl)c1. The molecule has 2 rings (SSSR count). The number of nitrogens with zero attached hydrogens (tertiary/aromatic N) is 1. The number of urea groups is 1. The minimum absolute atomic E-state index is 0.109. The highest BCUT2D eigenvalue weighted by Crippen LogP contribution is 2.22. The number of carbonyl (C=O) groups is 1. The number of rotatable bonds is 3. The number of halogens is 1. The average molecular weight is 290 g/mol. The van der Waals surface area contributed by atoms with Crippen molar-refractivity contribution in [3.05, 3.63) is 58.9 Å². The molecule has 1 aromatic heterocycles. The second-order valence-corrected chi connectivity index (χ2v) is 4.99. The van der Waals surface area contributed by atoms with Gasteiger partial charge in [0.2, 0.25) is 0 Å². The maximum absolute atomic E-state index is 11.9. The molecule has 0 aliphatic carbocycles. The van der Waals surface area contributed by atoms with Crippen LogP contribution in [0, 0.1) is 6.92 Å². The quantitative estimate of drug-likeness (QED) is 0.899. The number of carbonyl (C=O) groups excluding carboxylic acids is 1. The zero-order valence-corrected chi connectivity index (χ0v) is 12.1. The molecule has 0 radical (unpaired) electrons. The summed E-state index contributed by atoms with van der Waals surface area (Å²) in [5.74, 6) is 0. The van der Waals surface area contributed by atoms with Gasteiger partial charge in [-0.05, 0) is 49.2 Å². The van der Waals surface area contributed by atoms with E-state index in [1.54, 1.807) is 18.5 Å². The summed E-state index contributed by atoms with van der Waals surface area (Å²) >= 11 is 6.08. The Morgan fingerprint density at radius 3 is 2.60 bits per heavy atom. The molecule has 0 spiro atoms. The minimum Gasteiger partial charge on any atom is -0.331 e. The first kappa shape index (κ1) is 14.3. The molecule has 2 amide bonds. The second kappa shape index (κ2) is 6.39. The lowest BCUT2D eigenvalue weighted by Gasteiger charge is -2.15. The van der Waals surface area contributed by atoms with Crippen molar-refractivity contribution in [2.75, 3.05) is 5.32 Å². The number of anilines is 1. The monoisotopic (exact) mass is 289 g/mol. The maximum atomic E-state index is 11.9. The predicted molar refractivity (Wildman–Crippen MR) is 81.0 cm³/mol. The van der Waals surface area contributed by atoms with E-state index in [-0.39, 0.29) is 12.1 Å². The first-order valence-corrected chi connectivity index (χ1v) is 6.67. The molecule has 104 valence electrons. The van der Waals surface area contributed by atoms with E-state index in [0.717, 1.165) is 11.1 Å². The van der Waals surface area contributed by atoms with Gasteiger partial charge in [-0.3, -0.25) is 4.98 Å². The highest BCUT2D eigenvalue weighted by molar-refractivity contribution is 6.33. The Kier molecular flexibility index (Phi) is 4.58. The average Bonchev–Trinajstić information content (AvgIpc) is 2.43. The molecular weight excluding hydrogens is 274 g/mol. The number of nitrogens with one attached hydrogen (secondary N) is 2. The Labute approximate surface area is 123 Å². The Hall–Kier alpha value is -2.07. The van der Waals surface area contributed by atoms with Crippen LogP contribution in [-0.4, -0.2) is 11.0 Å². The van der Waals surface area contributed by atoms with Crippen LogP contribution in [0.5, 0.6) is 0 Å². The van der Waals surface area contributed by atoms with Gasteiger partial charge in [0.25, 0.3) is 0 Å². The summed E-state index contributed by atoms with van der Waals surface area (Å²) in [6.07, 6.45) is 3.39. The summed E-state index contributed by atoms with van der Waals surface area (Å²) in [7, 11) is 0. The summed E-state index contributed by atoms with van der Waals surface area (Å²) in [4.78, 5) is 15.9. The third-order valence-electron chi connectivity index (χ3n) is 2.93. The van der Waals surface area contributed by atoms with Gasteiger partial charge in [0.1, 0.15) is 0 Å². The highest BCUT2D eigenvalue weighted by atomic mass is 35.5. The van der Waals surface area contributed by atoms with E-state index in [2.05, 4.69) is 15.6 Å². The smallest absolute Gasteiger partial charge is 0.319 e. The molecular formula is C15H16ClN3O. The van der Waals surface area contributed by atoms with Gasteiger partial charge in [0.05, 0.1) is 16.8 Å². The van der Waals surface area contributed by atoms with Gasteiger partial charge >= 0.3 is 6.03 Å². The molecule has 1 unspecified atom stereocenters. The number of hydrogen-bond acceptors (Lipinski definition) is 2. The molecule has 20 heavy (non-hydrogen) atoms. The largest absolute Gasteiger partial charge is 0.331 e. The van der Waals surface area contributed by atoms with Crippen LogP contribution < -0.4 is 10.6 Å². The molecule has 0 fully saturated rings. The Bertz CT molecular complexity index is 601. The van der Waals surface area contributed by atoms with Gasteiger partial charge in [0.15, 0.2) is 0 Å². The van der Waals surface area contributed by atoms with Gasteiger partial charge in [-0.15, -0.1) is 0 Å². The van der Waals surface area contributed by atoms with Gasteiger partial charge in [-0.2, -0.15) is 0 Å². The predicted octanol–water partition coefficient (Wildman–Crippen LogP) is 3.93. The molecule has 0 bridgehead atoms. The van der Waals surface area contributed by atoms with Crippen molar-refractivity contribution >= 4 is 23.3 Å². The zero-order valence-electron chi connectivity index (χ0n) is 11.4. The van der Waals surface area contributed by atoms with E-state index in [0.29, 0.717) is 10.7 Å². The van der Waals surface area contributed by atoms with E-state index in [1.807, 2.05) is 38.1 Å². The third kappa shape index (κ3) is 3.71. The molecule has 2 N–H and O–H groups in total. The van der Waals surface area contributed by atoms with Crippen LogP contribution in [0.15, 0.2) is 42.7 Å². The van der Waals surface area contributed by atoms with Crippen LogP contribution in [0.4, 0.5) is 10.5 Å². The number of aromatic nitrogens is 1.